The van der Waals surface area contributed by atoms with Crippen molar-refractivity contribution in [3.63, 3.8) is 0 Å². The van der Waals surface area contributed by atoms with Gasteiger partial charge in [0.15, 0.2) is 0 Å². The Bertz CT molecular complexity index is 617. The van der Waals surface area contributed by atoms with E-state index in [2.05, 4.69) is 10.4 Å². The predicted molar refractivity (Wildman–Crippen MR) is 85.0 cm³/mol. The van der Waals surface area contributed by atoms with E-state index in [0.29, 0.717) is 18.8 Å². The molecule has 0 saturated carbocycles. The van der Waals surface area contributed by atoms with E-state index < -0.39 is 0 Å². The molecule has 1 aliphatic heterocycles. The molecule has 124 valence electrons. The van der Waals surface area contributed by atoms with Gasteiger partial charge in [-0.3, -0.25) is 4.68 Å². The van der Waals surface area contributed by atoms with Crippen molar-refractivity contribution in [2.45, 2.75) is 39.0 Å². The summed E-state index contributed by atoms with van der Waals surface area (Å²) in [7, 11) is 0. The van der Waals surface area contributed by atoms with E-state index in [-0.39, 0.29) is 12.1 Å². The Morgan fingerprint density at radius 3 is 3.17 bits per heavy atom. The molecule has 3 rings (SSSR count). The molecule has 7 heteroatoms. The standard InChI is InChI=1S/C16H22N4O3/c1-2-19(9-13-5-7-22-12-13)16(21)18-14-8-17-20(10-14)11-15-4-3-6-23-15/h5,7-8,10,12,15H,2-4,6,9,11H2,1H3,(H,18,21)/t15-/m0/s1. The first-order valence-corrected chi connectivity index (χ1v) is 7.95. The number of nitrogens with zero attached hydrogens (tertiary/aromatic N) is 3. The third-order valence-electron chi connectivity index (χ3n) is 3.92. The number of carbonyl (C=O) groups is 1. The summed E-state index contributed by atoms with van der Waals surface area (Å²) < 4.78 is 12.5. The van der Waals surface area contributed by atoms with Gasteiger partial charge in [0.05, 0.1) is 43.6 Å². The maximum absolute atomic E-state index is 12.3. The van der Waals surface area contributed by atoms with Crippen LogP contribution >= 0.6 is 0 Å². The minimum absolute atomic E-state index is 0.148. The molecule has 3 heterocycles. The van der Waals surface area contributed by atoms with Crippen LogP contribution in [0.2, 0.25) is 0 Å². The van der Waals surface area contributed by atoms with Crippen molar-refractivity contribution in [1.29, 1.82) is 0 Å². The Balaban J connectivity index is 1.54. The van der Waals surface area contributed by atoms with E-state index >= 15 is 0 Å². The van der Waals surface area contributed by atoms with Gasteiger partial charge >= 0.3 is 6.03 Å². The second kappa shape index (κ2) is 7.32. The van der Waals surface area contributed by atoms with Gasteiger partial charge in [-0.15, -0.1) is 0 Å². The molecule has 2 aromatic rings. The van der Waals surface area contributed by atoms with Crippen LogP contribution in [0.5, 0.6) is 0 Å². The van der Waals surface area contributed by atoms with Crippen molar-refractivity contribution in [2.24, 2.45) is 0 Å². The van der Waals surface area contributed by atoms with Crippen molar-refractivity contribution in [1.82, 2.24) is 14.7 Å². The molecule has 2 amide bonds. The van der Waals surface area contributed by atoms with Crippen LogP contribution in [0.4, 0.5) is 10.5 Å². The fraction of sp³-hybridized carbons (Fsp3) is 0.500. The first-order valence-electron chi connectivity index (χ1n) is 7.95. The van der Waals surface area contributed by atoms with Crippen LogP contribution < -0.4 is 5.32 Å². The molecule has 0 aromatic carbocycles. The lowest BCUT2D eigenvalue weighted by molar-refractivity contribution is 0.0940. The average molecular weight is 318 g/mol. The Morgan fingerprint density at radius 2 is 2.48 bits per heavy atom. The van der Waals surface area contributed by atoms with Gasteiger partial charge < -0.3 is 19.4 Å². The van der Waals surface area contributed by atoms with E-state index in [4.69, 9.17) is 9.15 Å². The van der Waals surface area contributed by atoms with E-state index in [1.165, 1.54) is 0 Å². The lowest BCUT2D eigenvalue weighted by atomic mass is 10.2. The molecule has 1 fully saturated rings. The first-order chi connectivity index (χ1) is 11.2. The number of aromatic nitrogens is 2. The first kappa shape index (κ1) is 15.6. The zero-order valence-electron chi connectivity index (χ0n) is 13.3. The van der Waals surface area contributed by atoms with Gasteiger partial charge in [-0.1, -0.05) is 0 Å². The molecule has 23 heavy (non-hydrogen) atoms. The zero-order valence-corrected chi connectivity index (χ0v) is 13.3. The molecular weight excluding hydrogens is 296 g/mol. The number of urea groups is 1. The highest BCUT2D eigenvalue weighted by molar-refractivity contribution is 5.88. The molecule has 0 unspecified atom stereocenters. The summed E-state index contributed by atoms with van der Waals surface area (Å²) in [4.78, 5) is 14.1. The SMILES string of the molecule is CCN(Cc1ccoc1)C(=O)Nc1cnn(C[C@@H]2CCCO2)c1. The van der Waals surface area contributed by atoms with Gasteiger partial charge in [-0.2, -0.15) is 5.10 Å². The third-order valence-corrected chi connectivity index (χ3v) is 3.92. The maximum Gasteiger partial charge on any atom is 0.322 e. The van der Waals surface area contributed by atoms with Gasteiger partial charge in [-0.25, -0.2) is 4.79 Å². The van der Waals surface area contributed by atoms with Gasteiger partial charge in [0.1, 0.15) is 0 Å². The molecule has 0 spiro atoms. The van der Waals surface area contributed by atoms with Crippen LogP contribution in [-0.4, -0.2) is 40.0 Å². The number of nitrogens with one attached hydrogen (secondary N) is 1. The minimum atomic E-state index is -0.148. The van der Waals surface area contributed by atoms with Crippen molar-refractivity contribution in [3.8, 4) is 0 Å². The van der Waals surface area contributed by atoms with E-state index in [1.54, 1.807) is 23.6 Å². The lowest BCUT2D eigenvalue weighted by Crippen LogP contribution is -2.34. The fourth-order valence-electron chi connectivity index (χ4n) is 2.66. The summed E-state index contributed by atoms with van der Waals surface area (Å²) in [6, 6.07) is 1.71. The van der Waals surface area contributed by atoms with Crippen LogP contribution in [0, 0.1) is 0 Å². The summed E-state index contributed by atoms with van der Waals surface area (Å²) in [6.07, 6.45) is 9.16. The van der Waals surface area contributed by atoms with Crippen LogP contribution in [0.1, 0.15) is 25.3 Å². The topological polar surface area (TPSA) is 72.5 Å². The number of carbonyl (C=O) groups excluding carboxylic acids is 1. The highest BCUT2D eigenvalue weighted by Gasteiger charge is 2.17. The second-order valence-electron chi connectivity index (χ2n) is 5.66. The normalized spacial score (nSPS) is 17.3. The number of hydrogen-bond donors (Lipinski definition) is 1. The van der Waals surface area contributed by atoms with E-state index in [0.717, 1.165) is 31.6 Å². The van der Waals surface area contributed by atoms with Crippen molar-refractivity contribution in [3.05, 3.63) is 36.5 Å². The Labute approximate surface area is 135 Å². The lowest BCUT2D eigenvalue weighted by Gasteiger charge is -2.20. The molecule has 0 aliphatic carbocycles. The molecular formula is C16H22N4O3. The summed E-state index contributed by atoms with van der Waals surface area (Å²) in [6.45, 7) is 4.63. The minimum Gasteiger partial charge on any atom is -0.472 e. The highest BCUT2D eigenvalue weighted by atomic mass is 16.5. The Kier molecular flexibility index (Phi) is 4.97. The average Bonchev–Trinajstić information content (AvgIpc) is 3.28. The van der Waals surface area contributed by atoms with Crippen LogP contribution in [0.25, 0.3) is 0 Å². The number of furan rings is 1. The van der Waals surface area contributed by atoms with Gasteiger partial charge in [-0.05, 0) is 25.8 Å². The Hall–Kier alpha value is -2.28. The van der Waals surface area contributed by atoms with Crippen LogP contribution in [-0.2, 0) is 17.8 Å². The quantitative estimate of drug-likeness (QED) is 0.889. The van der Waals surface area contributed by atoms with Crippen molar-refractivity contribution >= 4 is 11.7 Å². The number of ether oxygens (including phenoxy) is 1. The van der Waals surface area contributed by atoms with Gasteiger partial charge in [0.25, 0.3) is 0 Å². The molecule has 1 aliphatic rings. The summed E-state index contributed by atoms with van der Waals surface area (Å²) in [5, 5.41) is 7.16. The molecule has 2 aromatic heterocycles. The third kappa shape index (κ3) is 4.13. The summed E-state index contributed by atoms with van der Waals surface area (Å²) >= 11 is 0. The highest BCUT2D eigenvalue weighted by Crippen LogP contribution is 2.15. The molecule has 1 N–H and O–H groups in total. The predicted octanol–water partition coefficient (Wildman–Crippen LogP) is 2.71. The number of amides is 2. The second-order valence-corrected chi connectivity index (χ2v) is 5.66. The van der Waals surface area contributed by atoms with Gasteiger partial charge in [0.2, 0.25) is 0 Å². The smallest absolute Gasteiger partial charge is 0.322 e. The maximum atomic E-state index is 12.3. The number of anilines is 1. The summed E-state index contributed by atoms with van der Waals surface area (Å²) in [5.74, 6) is 0. The number of hydrogen-bond acceptors (Lipinski definition) is 4. The zero-order chi connectivity index (χ0) is 16.1. The molecule has 0 bridgehead atoms. The molecule has 7 nitrogen and oxygen atoms in total. The molecule has 1 atom stereocenters. The number of rotatable bonds is 6. The van der Waals surface area contributed by atoms with Crippen molar-refractivity contribution < 1.29 is 13.9 Å². The van der Waals surface area contributed by atoms with E-state index in [1.807, 2.05) is 23.9 Å². The van der Waals surface area contributed by atoms with Crippen LogP contribution in [0.15, 0.2) is 35.4 Å². The Morgan fingerprint density at radius 1 is 1.57 bits per heavy atom. The van der Waals surface area contributed by atoms with E-state index in [9.17, 15) is 4.79 Å². The van der Waals surface area contributed by atoms with Gasteiger partial charge in [0, 0.05) is 24.9 Å². The largest absolute Gasteiger partial charge is 0.472 e. The fourth-order valence-corrected chi connectivity index (χ4v) is 2.66. The molecule has 0 radical (unpaired) electrons. The van der Waals surface area contributed by atoms with Crippen LogP contribution in [0.3, 0.4) is 0 Å². The van der Waals surface area contributed by atoms with Crippen molar-refractivity contribution in [2.75, 3.05) is 18.5 Å². The summed E-state index contributed by atoms with van der Waals surface area (Å²) in [5.41, 5.74) is 1.66. The molecule has 1 saturated heterocycles. The monoisotopic (exact) mass is 318 g/mol.